The van der Waals surface area contributed by atoms with Crippen LogP contribution in [0.5, 0.6) is 0 Å². The lowest BCUT2D eigenvalue weighted by atomic mass is 10.1. The quantitative estimate of drug-likeness (QED) is 0.805. The van der Waals surface area contributed by atoms with Gasteiger partial charge < -0.3 is 9.73 Å². The van der Waals surface area contributed by atoms with Crippen molar-refractivity contribution < 1.29 is 4.42 Å². The van der Waals surface area contributed by atoms with Crippen LogP contribution >= 0.6 is 11.8 Å². The Morgan fingerprint density at radius 3 is 2.80 bits per heavy atom. The molecule has 1 saturated carbocycles. The average molecular weight is 225 g/mol. The summed E-state index contributed by atoms with van der Waals surface area (Å²) in [7, 11) is 0. The van der Waals surface area contributed by atoms with Gasteiger partial charge in [-0.25, -0.2) is 0 Å². The van der Waals surface area contributed by atoms with Gasteiger partial charge in [0, 0.05) is 6.54 Å². The summed E-state index contributed by atoms with van der Waals surface area (Å²) in [5.41, 5.74) is 0.578. The van der Waals surface area contributed by atoms with Crippen LogP contribution in [-0.4, -0.2) is 12.8 Å². The highest BCUT2D eigenvalue weighted by Gasteiger charge is 2.36. The van der Waals surface area contributed by atoms with Gasteiger partial charge in [-0.2, -0.15) is 11.8 Å². The van der Waals surface area contributed by atoms with Gasteiger partial charge in [-0.15, -0.1) is 0 Å². The average Bonchev–Trinajstić information content (AvgIpc) is 2.76. The number of hydrogen-bond acceptors (Lipinski definition) is 3. The van der Waals surface area contributed by atoms with Crippen molar-refractivity contribution in [3.63, 3.8) is 0 Å². The molecule has 1 heterocycles. The van der Waals surface area contributed by atoms with E-state index in [-0.39, 0.29) is 0 Å². The molecular formula is C12H19NOS. The molecule has 1 aromatic heterocycles. The Labute approximate surface area is 95.8 Å². The number of hydrogen-bond donors (Lipinski definition) is 1. The van der Waals surface area contributed by atoms with E-state index in [0.717, 1.165) is 30.4 Å². The molecule has 0 saturated heterocycles. The normalized spacial score (nSPS) is 18.0. The molecule has 15 heavy (non-hydrogen) atoms. The summed E-state index contributed by atoms with van der Waals surface area (Å²) < 4.78 is 5.68. The third-order valence-corrected chi connectivity index (χ3v) is 3.53. The summed E-state index contributed by atoms with van der Waals surface area (Å²) in [6.45, 7) is 4.32. The van der Waals surface area contributed by atoms with Crippen LogP contribution in [0.15, 0.2) is 16.5 Å². The van der Waals surface area contributed by atoms with Crippen LogP contribution in [0.1, 0.15) is 31.3 Å². The summed E-state index contributed by atoms with van der Waals surface area (Å²) in [6, 6.07) is 4.15. The highest BCUT2D eigenvalue weighted by atomic mass is 32.2. The van der Waals surface area contributed by atoms with E-state index in [2.05, 4.69) is 30.6 Å². The van der Waals surface area contributed by atoms with Crippen molar-refractivity contribution in [2.75, 3.05) is 12.8 Å². The van der Waals surface area contributed by atoms with E-state index in [4.69, 9.17) is 4.42 Å². The number of nitrogens with one attached hydrogen (secondary N) is 1. The molecule has 0 unspecified atom stereocenters. The number of furan rings is 1. The Morgan fingerprint density at radius 2 is 2.13 bits per heavy atom. The molecule has 2 nitrogen and oxygen atoms in total. The maximum atomic E-state index is 5.68. The Kier molecular flexibility index (Phi) is 3.42. The predicted octanol–water partition coefficient (Wildman–Crippen LogP) is 3.03. The predicted molar refractivity (Wildman–Crippen MR) is 65.0 cm³/mol. The fourth-order valence-electron chi connectivity index (χ4n) is 1.61. The lowest BCUT2D eigenvalue weighted by Crippen LogP contribution is -2.21. The van der Waals surface area contributed by atoms with Crippen molar-refractivity contribution in [3.8, 4) is 0 Å². The molecule has 0 aliphatic heterocycles. The Morgan fingerprint density at radius 1 is 1.40 bits per heavy atom. The van der Waals surface area contributed by atoms with E-state index in [1.54, 1.807) is 11.8 Å². The van der Waals surface area contributed by atoms with Crippen LogP contribution in [0, 0.1) is 5.41 Å². The molecule has 1 aromatic rings. The van der Waals surface area contributed by atoms with Gasteiger partial charge in [-0.3, -0.25) is 0 Å². The van der Waals surface area contributed by atoms with Gasteiger partial charge in [0.05, 0.1) is 12.3 Å². The summed E-state index contributed by atoms with van der Waals surface area (Å²) in [4.78, 5) is 0. The second kappa shape index (κ2) is 4.62. The zero-order valence-corrected chi connectivity index (χ0v) is 10.3. The largest absolute Gasteiger partial charge is 0.464 e. The molecule has 1 N–H and O–H groups in total. The van der Waals surface area contributed by atoms with Crippen LogP contribution in [0.2, 0.25) is 0 Å². The van der Waals surface area contributed by atoms with Gasteiger partial charge in [0.2, 0.25) is 0 Å². The molecule has 1 fully saturated rings. The molecule has 0 bridgehead atoms. The first kappa shape index (κ1) is 11.1. The van der Waals surface area contributed by atoms with Crippen LogP contribution in [0.25, 0.3) is 0 Å². The second-order valence-corrected chi connectivity index (χ2v) is 5.58. The van der Waals surface area contributed by atoms with E-state index in [9.17, 15) is 0 Å². The molecule has 0 atom stereocenters. The van der Waals surface area contributed by atoms with E-state index in [1.807, 2.05) is 0 Å². The zero-order valence-electron chi connectivity index (χ0n) is 9.51. The van der Waals surface area contributed by atoms with Crippen molar-refractivity contribution in [1.29, 1.82) is 0 Å². The SMILES string of the molecule is CSCc1ccc(CNCC2(C)CC2)o1. The van der Waals surface area contributed by atoms with Crippen LogP contribution in [0.4, 0.5) is 0 Å². The molecule has 1 aliphatic carbocycles. The summed E-state index contributed by atoms with van der Waals surface area (Å²) in [5, 5.41) is 3.46. The smallest absolute Gasteiger partial charge is 0.118 e. The van der Waals surface area contributed by atoms with Crippen molar-refractivity contribution in [2.24, 2.45) is 5.41 Å². The Bertz CT molecular complexity index is 317. The minimum Gasteiger partial charge on any atom is -0.464 e. The molecule has 0 radical (unpaired) electrons. The fraction of sp³-hybridized carbons (Fsp3) is 0.667. The topological polar surface area (TPSA) is 25.2 Å². The maximum Gasteiger partial charge on any atom is 0.118 e. The summed E-state index contributed by atoms with van der Waals surface area (Å²) in [6.07, 6.45) is 4.83. The lowest BCUT2D eigenvalue weighted by molar-refractivity contribution is 0.433. The highest BCUT2D eigenvalue weighted by molar-refractivity contribution is 7.97. The molecule has 2 rings (SSSR count). The molecule has 3 heteroatoms. The summed E-state index contributed by atoms with van der Waals surface area (Å²) >= 11 is 1.79. The zero-order chi connectivity index (χ0) is 10.7. The monoisotopic (exact) mass is 225 g/mol. The van der Waals surface area contributed by atoms with E-state index in [0.29, 0.717) is 5.41 Å². The second-order valence-electron chi connectivity index (χ2n) is 4.72. The van der Waals surface area contributed by atoms with Crippen molar-refractivity contribution in [2.45, 2.75) is 32.1 Å². The fourth-order valence-corrected chi connectivity index (χ4v) is 2.05. The van der Waals surface area contributed by atoms with Gasteiger partial charge in [-0.1, -0.05) is 6.92 Å². The van der Waals surface area contributed by atoms with Crippen molar-refractivity contribution in [3.05, 3.63) is 23.7 Å². The third kappa shape index (κ3) is 3.28. The molecule has 1 aliphatic rings. The van der Waals surface area contributed by atoms with E-state index in [1.165, 1.54) is 12.8 Å². The third-order valence-electron chi connectivity index (χ3n) is 2.96. The first-order chi connectivity index (χ1) is 7.22. The van der Waals surface area contributed by atoms with Crippen LogP contribution < -0.4 is 5.32 Å². The minimum absolute atomic E-state index is 0.578. The number of thioether (sulfide) groups is 1. The minimum atomic E-state index is 0.578. The molecular weight excluding hydrogens is 206 g/mol. The van der Waals surface area contributed by atoms with Gasteiger partial charge in [0.25, 0.3) is 0 Å². The summed E-state index contributed by atoms with van der Waals surface area (Å²) in [5.74, 6) is 3.11. The van der Waals surface area contributed by atoms with Gasteiger partial charge in [0.15, 0.2) is 0 Å². The molecule has 0 aromatic carbocycles. The van der Waals surface area contributed by atoms with Crippen molar-refractivity contribution in [1.82, 2.24) is 5.32 Å². The van der Waals surface area contributed by atoms with Gasteiger partial charge >= 0.3 is 0 Å². The molecule has 84 valence electrons. The van der Waals surface area contributed by atoms with Crippen molar-refractivity contribution >= 4 is 11.8 Å². The maximum absolute atomic E-state index is 5.68. The van der Waals surface area contributed by atoms with E-state index < -0.39 is 0 Å². The Hall–Kier alpha value is -0.410. The lowest BCUT2D eigenvalue weighted by Gasteiger charge is -2.08. The van der Waals surface area contributed by atoms with Crippen LogP contribution in [0.3, 0.4) is 0 Å². The molecule has 0 amide bonds. The Balaban J connectivity index is 1.73. The van der Waals surface area contributed by atoms with E-state index >= 15 is 0 Å². The van der Waals surface area contributed by atoms with Crippen LogP contribution in [-0.2, 0) is 12.3 Å². The standard InChI is InChI=1S/C12H19NOS/c1-12(5-6-12)9-13-7-10-3-4-11(14-10)8-15-2/h3-4,13H,5-9H2,1-2H3. The highest BCUT2D eigenvalue weighted by Crippen LogP contribution is 2.44. The van der Waals surface area contributed by atoms with Gasteiger partial charge in [0.1, 0.15) is 11.5 Å². The first-order valence-electron chi connectivity index (χ1n) is 5.49. The first-order valence-corrected chi connectivity index (χ1v) is 6.88. The molecule has 0 spiro atoms. The van der Waals surface area contributed by atoms with Gasteiger partial charge in [-0.05, 0) is 36.6 Å². The number of rotatable bonds is 6.